The normalized spacial score (nSPS) is 15.6. The third-order valence-electron chi connectivity index (χ3n) is 3.05. The second kappa shape index (κ2) is 6.28. The van der Waals surface area contributed by atoms with E-state index in [4.69, 9.17) is 4.84 Å². The van der Waals surface area contributed by atoms with Crippen molar-refractivity contribution >= 4 is 11.7 Å². The summed E-state index contributed by atoms with van der Waals surface area (Å²) in [6, 6.07) is 0. The van der Waals surface area contributed by atoms with Gasteiger partial charge in [-0.1, -0.05) is 12.8 Å². The number of aromatic nitrogens is 2. The minimum atomic E-state index is -0.570. The van der Waals surface area contributed by atoms with Crippen molar-refractivity contribution in [2.75, 3.05) is 0 Å². The standard InChI is InChI=1S/C11H16N4O4/c16-11(13-19-9-3-1-2-4-9)5-6-14-7-10(12-8-14)15(17)18/h7-9H,1-6H2,(H,13,16). The van der Waals surface area contributed by atoms with Crippen LogP contribution in [0.3, 0.4) is 0 Å². The molecule has 0 saturated heterocycles. The first-order chi connectivity index (χ1) is 9.15. The minimum absolute atomic E-state index is 0.123. The van der Waals surface area contributed by atoms with Crippen LogP contribution in [0.5, 0.6) is 0 Å². The minimum Gasteiger partial charge on any atom is -0.358 e. The monoisotopic (exact) mass is 268 g/mol. The molecule has 1 aromatic rings. The molecule has 0 bridgehead atoms. The van der Waals surface area contributed by atoms with E-state index in [9.17, 15) is 14.9 Å². The Morgan fingerprint density at radius 2 is 2.32 bits per heavy atom. The molecule has 0 aliphatic heterocycles. The van der Waals surface area contributed by atoms with Gasteiger partial charge in [-0.2, -0.15) is 0 Å². The highest BCUT2D eigenvalue weighted by molar-refractivity contribution is 5.74. The van der Waals surface area contributed by atoms with E-state index in [1.807, 2.05) is 0 Å². The van der Waals surface area contributed by atoms with E-state index in [1.165, 1.54) is 17.1 Å². The number of carbonyl (C=O) groups excluding carboxylic acids is 1. The van der Waals surface area contributed by atoms with Crippen LogP contribution >= 0.6 is 0 Å². The van der Waals surface area contributed by atoms with Crippen molar-refractivity contribution in [3.63, 3.8) is 0 Å². The second-order valence-electron chi connectivity index (χ2n) is 4.53. The Bertz CT molecular complexity index is 453. The Balaban J connectivity index is 1.68. The smallest absolute Gasteiger partial charge is 0.358 e. The van der Waals surface area contributed by atoms with E-state index in [1.54, 1.807) is 0 Å². The van der Waals surface area contributed by atoms with E-state index in [-0.39, 0.29) is 24.2 Å². The summed E-state index contributed by atoms with van der Waals surface area (Å²) < 4.78 is 1.51. The molecule has 1 aromatic heterocycles. The molecule has 0 atom stereocenters. The lowest BCUT2D eigenvalue weighted by molar-refractivity contribution is -0.389. The van der Waals surface area contributed by atoms with Gasteiger partial charge in [-0.15, -0.1) is 0 Å². The van der Waals surface area contributed by atoms with Gasteiger partial charge in [0.15, 0.2) is 0 Å². The maximum absolute atomic E-state index is 11.5. The lowest BCUT2D eigenvalue weighted by Crippen LogP contribution is -2.28. The van der Waals surface area contributed by atoms with Gasteiger partial charge in [0.1, 0.15) is 6.20 Å². The zero-order chi connectivity index (χ0) is 13.7. The Hall–Kier alpha value is -1.96. The molecule has 0 aromatic carbocycles. The highest BCUT2D eigenvalue weighted by Gasteiger charge is 2.17. The van der Waals surface area contributed by atoms with Gasteiger partial charge in [0.25, 0.3) is 0 Å². The molecule has 1 heterocycles. The van der Waals surface area contributed by atoms with Crippen LogP contribution in [0.15, 0.2) is 12.5 Å². The van der Waals surface area contributed by atoms with Crippen LogP contribution in [0.2, 0.25) is 0 Å². The zero-order valence-electron chi connectivity index (χ0n) is 10.4. The molecule has 1 fully saturated rings. The maximum Gasteiger partial charge on any atom is 0.381 e. The lowest BCUT2D eigenvalue weighted by atomic mass is 10.3. The molecule has 1 aliphatic carbocycles. The fraction of sp³-hybridized carbons (Fsp3) is 0.636. The van der Waals surface area contributed by atoms with Gasteiger partial charge in [-0.05, 0) is 22.7 Å². The third-order valence-corrected chi connectivity index (χ3v) is 3.05. The van der Waals surface area contributed by atoms with E-state index in [2.05, 4.69) is 10.5 Å². The van der Waals surface area contributed by atoms with Gasteiger partial charge >= 0.3 is 5.82 Å². The number of nitrogens with one attached hydrogen (secondary N) is 1. The molecule has 1 saturated carbocycles. The van der Waals surface area contributed by atoms with Crippen LogP contribution in [0.25, 0.3) is 0 Å². The lowest BCUT2D eigenvalue weighted by Gasteiger charge is -2.11. The summed E-state index contributed by atoms with van der Waals surface area (Å²) in [6.45, 7) is 0.334. The van der Waals surface area contributed by atoms with Crippen LogP contribution in [0, 0.1) is 10.1 Å². The molecule has 8 nitrogen and oxygen atoms in total. The largest absolute Gasteiger partial charge is 0.381 e. The number of nitro groups is 1. The molecule has 2 rings (SSSR count). The highest BCUT2D eigenvalue weighted by atomic mass is 16.7. The molecular formula is C11H16N4O4. The van der Waals surface area contributed by atoms with Crippen molar-refractivity contribution in [3.8, 4) is 0 Å². The van der Waals surface area contributed by atoms with E-state index >= 15 is 0 Å². The maximum atomic E-state index is 11.5. The van der Waals surface area contributed by atoms with Crippen LogP contribution in [0.1, 0.15) is 32.1 Å². The Morgan fingerprint density at radius 3 is 2.95 bits per heavy atom. The number of hydrogen-bond acceptors (Lipinski definition) is 5. The van der Waals surface area contributed by atoms with Gasteiger partial charge in [-0.25, -0.2) is 5.48 Å². The number of imidazole rings is 1. The number of amides is 1. The van der Waals surface area contributed by atoms with Crippen LogP contribution < -0.4 is 5.48 Å². The molecular weight excluding hydrogens is 252 g/mol. The highest BCUT2D eigenvalue weighted by Crippen LogP contribution is 2.19. The van der Waals surface area contributed by atoms with Crippen molar-refractivity contribution in [2.45, 2.75) is 44.8 Å². The molecule has 104 valence electrons. The number of rotatable bonds is 6. The summed E-state index contributed by atoms with van der Waals surface area (Å²) in [4.78, 5) is 30.2. The van der Waals surface area contributed by atoms with Gasteiger partial charge < -0.3 is 14.7 Å². The molecule has 8 heteroatoms. The average Bonchev–Trinajstić information content (AvgIpc) is 3.05. The first-order valence-corrected chi connectivity index (χ1v) is 6.26. The fourth-order valence-electron chi connectivity index (χ4n) is 2.00. The summed E-state index contributed by atoms with van der Waals surface area (Å²) in [5.74, 6) is -0.453. The quantitative estimate of drug-likeness (QED) is 0.616. The van der Waals surface area contributed by atoms with Crippen molar-refractivity contribution in [1.82, 2.24) is 15.0 Å². The Labute approximate surface area is 109 Å². The second-order valence-corrected chi connectivity index (χ2v) is 4.53. The molecule has 0 spiro atoms. The van der Waals surface area contributed by atoms with Gasteiger partial charge in [0.05, 0.1) is 6.10 Å². The molecule has 0 unspecified atom stereocenters. The van der Waals surface area contributed by atoms with E-state index < -0.39 is 4.92 Å². The number of aryl methyl sites for hydroxylation is 1. The van der Waals surface area contributed by atoms with Crippen LogP contribution in [-0.4, -0.2) is 26.5 Å². The number of nitrogens with zero attached hydrogens (tertiary/aromatic N) is 3. The van der Waals surface area contributed by atoms with Crippen molar-refractivity contribution in [2.24, 2.45) is 0 Å². The van der Waals surface area contributed by atoms with Gasteiger partial charge in [0, 0.05) is 13.0 Å². The summed E-state index contributed by atoms with van der Waals surface area (Å²) in [5.41, 5.74) is 2.42. The third kappa shape index (κ3) is 4.02. The van der Waals surface area contributed by atoms with Crippen molar-refractivity contribution < 1.29 is 14.6 Å². The summed E-state index contributed by atoms with van der Waals surface area (Å²) in [7, 11) is 0. The van der Waals surface area contributed by atoms with Crippen molar-refractivity contribution in [1.29, 1.82) is 0 Å². The first-order valence-electron chi connectivity index (χ1n) is 6.26. The van der Waals surface area contributed by atoms with Gasteiger partial charge in [-0.3, -0.25) is 9.63 Å². The predicted molar refractivity (Wildman–Crippen MR) is 65.0 cm³/mol. The number of carbonyl (C=O) groups is 1. The summed E-state index contributed by atoms with van der Waals surface area (Å²) in [5, 5.41) is 10.4. The fourth-order valence-corrected chi connectivity index (χ4v) is 2.00. The molecule has 19 heavy (non-hydrogen) atoms. The molecule has 1 amide bonds. The zero-order valence-corrected chi connectivity index (χ0v) is 10.4. The van der Waals surface area contributed by atoms with E-state index in [0.717, 1.165) is 25.7 Å². The predicted octanol–water partition coefficient (Wildman–Crippen LogP) is 1.17. The molecule has 1 aliphatic rings. The summed E-state index contributed by atoms with van der Waals surface area (Å²) >= 11 is 0. The first kappa shape index (κ1) is 13.5. The molecule has 0 radical (unpaired) electrons. The van der Waals surface area contributed by atoms with Crippen molar-refractivity contribution in [3.05, 3.63) is 22.6 Å². The molecule has 1 N–H and O–H groups in total. The summed E-state index contributed by atoms with van der Waals surface area (Å²) in [6.07, 6.45) is 7.19. The topological polar surface area (TPSA) is 99.3 Å². The van der Waals surface area contributed by atoms with Crippen LogP contribution in [-0.2, 0) is 16.2 Å². The van der Waals surface area contributed by atoms with E-state index in [0.29, 0.717) is 6.54 Å². The Morgan fingerprint density at radius 1 is 1.58 bits per heavy atom. The van der Waals surface area contributed by atoms with Crippen LogP contribution in [0.4, 0.5) is 5.82 Å². The Kier molecular flexibility index (Phi) is 4.45. The SMILES string of the molecule is O=C(CCn1cnc([N+](=O)[O-])c1)NOC1CCCC1. The van der Waals surface area contributed by atoms with Gasteiger partial charge in [0.2, 0.25) is 12.2 Å². The average molecular weight is 268 g/mol. The number of hydrogen-bond donors (Lipinski definition) is 1. The number of hydroxylamine groups is 1.